The van der Waals surface area contributed by atoms with E-state index in [0.717, 1.165) is 0 Å². The van der Waals surface area contributed by atoms with Crippen LogP contribution in [0.3, 0.4) is 0 Å². The van der Waals surface area contributed by atoms with Crippen molar-refractivity contribution in [3.63, 3.8) is 0 Å². The highest BCUT2D eigenvalue weighted by Crippen LogP contribution is 2.18. The fraction of sp³-hybridized carbons (Fsp3) is 0.333. The number of esters is 1. The first-order valence-electron chi connectivity index (χ1n) is 7.95. The topological polar surface area (TPSA) is 93.9 Å². The molecule has 2 rings (SSSR count). The molecule has 0 N–H and O–H groups in total. The van der Waals surface area contributed by atoms with Gasteiger partial charge in [0.1, 0.15) is 17.1 Å². The van der Waals surface area contributed by atoms with Gasteiger partial charge in [-0.1, -0.05) is 6.92 Å². The molecule has 8 heteroatoms. The van der Waals surface area contributed by atoms with Crippen molar-refractivity contribution in [2.75, 3.05) is 19.9 Å². The summed E-state index contributed by atoms with van der Waals surface area (Å²) in [5, 5.41) is 0. The molecular weight excluding hydrogens is 358 g/mol. The second-order valence-corrected chi connectivity index (χ2v) is 8.04. The Labute approximate surface area is 152 Å². The molecule has 0 unspecified atom stereocenters. The summed E-state index contributed by atoms with van der Waals surface area (Å²) in [5.74, 6) is 0.0738. The second kappa shape index (κ2) is 7.74. The number of rotatable bonds is 6. The maximum absolute atomic E-state index is 12.5. The zero-order valence-electron chi connectivity index (χ0n) is 15.1. The summed E-state index contributed by atoms with van der Waals surface area (Å²) in [4.78, 5) is 25.7. The molecule has 0 saturated heterocycles. The van der Waals surface area contributed by atoms with Crippen LogP contribution in [0, 0.1) is 6.92 Å². The van der Waals surface area contributed by atoms with Gasteiger partial charge in [0.05, 0.1) is 24.3 Å². The van der Waals surface area contributed by atoms with Crippen LogP contribution < -0.4 is 0 Å². The van der Waals surface area contributed by atoms with Crippen LogP contribution >= 0.6 is 0 Å². The lowest BCUT2D eigenvalue weighted by Crippen LogP contribution is -2.26. The third-order valence-corrected chi connectivity index (χ3v) is 5.70. The minimum Gasteiger partial charge on any atom is -0.465 e. The zero-order valence-corrected chi connectivity index (χ0v) is 15.9. The maximum Gasteiger partial charge on any atom is 0.341 e. The summed E-state index contributed by atoms with van der Waals surface area (Å²) < 4.78 is 33.8. The quantitative estimate of drug-likeness (QED) is 0.716. The van der Waals surface area contributed by atoms with Gasteiger partial charge < -0.3 is 14.1 Å². The van der Waals surface area contributed by atoms with Crippen molar-refractivity contribution in [3.8, 4) is 0 Å². The van der Waals surface area contributed by atoms with Gasteiger partial charge in [-0.3, -0.25) is 4.79 Å². The van der Waals surface area contributed by atoms with E-state index in [2.05, 4.69) is 4.74 Å². The Balaban J connectivity index is 2.14. The number of hydrogen-bond acceptors (Lipinski definition) is 6. The molecular formula is C18H21NO6S. The van der Waals surface area contributed by atoms with E-state index in [1.54, 1.807) is 27.0 Å². The summed E-state index contributed by atoms with van der Waals surface area (Å²) in [6.45, 7) is 3.37. The lowest BCUT2D eigenvalue weighted by Gasteiger charge is -2.16. The summed E-state index contributed by atoms with van der Waals surface area (Å²) in [6, 6.07) is 7.35. The van der Waals surface area contributed by atoms with E-state index in [4.69, 9.17) is 4.42 Å². The van der Waals surface area contributed by atoms with Gasteiger partial charge >= 0.3 is 5.97 Å². The van der Waals surface area contributed by atoms with Gasteiger partial charge in [0, 0.05) is 12.6 Å². The van der Waals surface area contributed by atoms with E-state index >= 15 is 0 Å². The zero-order chi connectivity index (χ0) is 19.5. The summed E-state index contributed by atoms with van der Waals surface area (Å²) in [7, 11) is -0.430. The van der Waals surface area contributed by atoms with Gasteiger partial charge in [0.2, 0.25) is 0 Å². The number of benzene rings is 1. The number of nitrogens with zero attached hydrogens (tertiary/aromatic N) is 1. The van der Waals surface area contributed by atoms with Gasteiger partial charge in [-0.25, -0.2) is 13.2 Å². The summed E-state index contributed by atoms with van der Waals surface area (Å²) in [5.41, 5.74) is 0.677. The number of ether oxygens (including phenoxy) is 1. The monoisotopic (exact) mass is 379 g/mol. The number of furan rings is 1. The third kappa shape index (κ3) is 4.13. The first kappa shape index (κ1) is 19.7. The van der Waals surface area contributed by atoms with Crippen LogP contribution in [0.1, 0.15) is 39.2 Å². The van der Waals surface area contributed by atoms with E-state index in [-0.39, 0.29) is 23.1 Å². The highest BCUT2D eigenvalue weighted by Gasteiger charge is 2.19. The van der Waals surface area contributed by atoms with Crippen molar-refractivity contribution < 1.29 is 27.2 Å². The number of aryl methyl sites for hydroxylation is 1. The van der Waals surface area contributed by atoms with Gasteiger partial charge in [0.25, 0.3) is 5.91 Å². The minimum absolute atomic E-state index is 0.000564. The number of sulfone groups is 1. The van der Waals surface area contributed by atoms with Crippen LogP contribution in [0.4, 0.5) is 0 Å². The molecule has 0 aliphatic carbocycles. The molecule has 0 bridgehead atoms. The number of carbonyl (C=O) groups is 2. The fourth-order valence-corrected chi connectivity index (χ4v) is 3.32. The van der Waals surface area contributed by atoms with Crippen molar-refractivity contribution >= 4 is 21.7 Å². The predicted octanol–water partition coefficient (Wildman–Crippen LogP) is 2.44. The smallest absolute Gasteiger partial charge is 0.341 e. The molecule has 1 amide bonds. The Morgan fingerprint density at radius 3 is 2.35 bits per heavy atom. The van der Waals surface area contributed by atoms with Gasteiger partial charge in [0.15, 0.2) is 9.84 Å². The van der Waals surface area contributed by atoms with E-state index in [1.807, 2.05) is 0 Å². The van der Waals surface area contributed by atoms with Crippen molar-refractivity contribution in [3.05, 3.63) is 53.0 Å². The largest absolute Gasteiger partial charge is 0.465 e. The molecule has 0 saturated carbocycles. The van der Waals surface area contributed by atoms with Crippen LogP contribution in [0.25, 0.3) is 0 Å². The van der Waals surface area contributed by atoms with Crippen molar-refractivity contribution in [2.24, 2.45) is 0 Å². The van der Waals surface area contributed by atoms with Gasteiger partial charge in [-0.2, -0.15) is 0 Å². The Bertz CT molecular complexity index is 912. The van der Waals surface area contributed by atoms with Crippen LogP contribution in [-0.2, 0) is 21.1 Å². The average Bonchev–Trinajstić information content (AvgIpc) is 3.00. The Hall–Kier alpha value is -2.61. The van der Waals surface area contributed by atoms with Gasteiger partial charge in [-0.05, 0) is 37.3 Å². The highest BCUT2D eigenvalue weighted by atomic mass is 32.2. The number of hydrogen-bond donors (Lipinski definition) is 0. The normalized spacial score (nSPS) is 11.2. The van der Waals surface area contributed by atoms with Crippen molar-refractivity contribution in [2.45, 2.75) is 25.3 Å². The van der Waals surface area contributed by atoms with E-state index in [0.29, 0.717) is 22.6 Å². The standard InChI is InChI=1S/C18H21NO6S/c1-5-26(22,23)15-8-6-13(7-9-15)17(20)19(3)11-14-10-16(12(2)25-14)18(21)24-4/h6-10H,5,11H2,1-4H3. The number of methoxy groups -OCH3 is 1. The van der Waals surface area contributed by atoms with Crippen molar-refractivity contribution in [1.82, 2.24) is 4.90 Å². The molecule has 0 aliphatic heterocycles. The third-order valence-electron chi connectivity index (χ3n) is 3.95. The number of carbonyl (C=O) groups excluding carboxylic acids is 2. The molecule has 2 aromatic rings. The molecule has 26 heavy (non-hydrogen) atoms. The fourth-order valence-electron chi connectivity index (χ4n) is 2.43. The Morgan fingerprint density at radius 2 is 1.81 bits per heavy atom. The SMILES string of the molecule is CCS(=O)(=O)c1ccc(C(=O)N(C)Cc2cc(C(=O)OC)c(C)o2)cc1. The lowest BCUT2D eigenvalue weighted by atomic mass is 10.2. The first-order valence-corrected chi connectivity index (χ1v) is 9.60. The maximum atomic E-state index is 12.5. The van der Waals surface area contributed by atoms with E-state index in [9.17, 15) is 18.0 Å². The van der Waals surface area contributed by atoms with Gasteiger partial charge in [-0.15, -0.1) is 0 Å². The van der Waals surface area contributed by atoms with E-state index < -0.39 is 15.8 Å². The molecule has 7 nitrogen and oxygen atoms in total. The second-order valence-electron chi connectivity index (χ2n) is 5.76. The molecule has 1 heterocycles. The van der Waals surface area contributed by atoms with Crippen LogP contribution in [0.15, 0.2) is 39.6 Å². The molecule has 1 aromatic carbocycles. The predicted molar refractivity (Wildman–Crippen MR) is 94.8 cm³/mol. The van der Waals surface area contributed by atoms with Crippen molar-refractivity contribution in [1.29, 1.82) is 0 Å². The van der Waals surface area contributed by atoms with Crippen LogP contribution in [0.2, 0.25) is 0 Å². The molecule has 1 aromatic heterocycles. The molecule has 0 aliphatic rings. The van der Waals surface area contributed by atoms with E-state index in [1.165, 1.54) is 36.3 Å². The minimum atomic E-state index is -3.31. The average molecular weight is 379 g/mol. The number of amides is 1. The molecule has 140 valence electrons. The summed E-state index contributed by atoms with van der Waals surface area (Å²) >= 11 is 0. The molecule has 0 fully saturated rings. The molecule has 0 radical (unpaired) electrons. The Morgan fingerprint density at radius 1 is 1.19 bits per heavy atom. The lowest BCUT2D eigenvalue weighted by molar-refractivity contribution is 0.0598. The summed E-state index contributed by atoms with van der Waals surface area (Å²) in [6.07, 6.45) is 0. The van der Waals surface area contributed by atoms with Crippen LogP contribution in [-0.4, -0.2) is 45.1 Å². The molecule has 0 spiro atoms. The highest BCUT2D eigenvalue weighted by molar-refractivity contribution is 7.91. The molecule has 0 atom stereocenters. The van der Waals surface area contributed by atoms with Crippen LogP contribution in [0.5, 0.6) is 0 Å². The first-order chi connectivity index (χ1) is 12.2. The Kier molecular flexibility index (Phi) is 5.86.